The molecule has 1 aliphatic rings. The minimum absolute atomic E-state index is 0.170. The molecule has 0 saturated carbocycles. The van der Waals surface area contributed by atoms with E-state index in [0.717, 1.165) is 10.6 Å². The van der Waals surface area contributed by atoms with Crippen LogP contribution in [-0.4, -0.2) is 18.3 Å². The number of fused-ring (bicyclic) bond motifs is 1. The predicted molar refractivity (Wildman–Crippen MR) is 76.4 cm³/mol. The van der Waals surface area contributed by atoms with Gasteiger partial charge in [-0.15, -0.1) is 0 Å². The Morgan fingerprint density at radius 2 is 1.74 bits per heavy atom. The average molecular weight is 251 g/mol. The molecule has 0 bridgehead atoms. The van der Waals surface area contributed by atoms with Gasteiger partial charge in [0.1, 0.15) is 0 Å². The maximum atomic E-state index is 9.43. The topological polar surface area (TPSA) is 32.6 Å². The van der Waals surface area contributed by atoms with Crippen LogP contribution in [0.25, 0.3) is 6.08 Å². The van der Waals surface area contributed by atoms with Crippen LogP contribution in [-0.2, 0) is 5.41 Å². The van der Waals surface area contributed by atoms with Gasteiger partial charge in [-0.1, -0.05) is 54.6 Å². The molecular weight excluding hydrogens is 234 g/mol. The smallest absolute Gasteiger partial charge is 0.0644 e. The van der Waals surface area contributed by atoms with Crippen LogP contribution in [0.15, 0.2) is 59.6 Å². The van der Waals surface area contributed by atoms with Crippen molar-refractivity contribution in [1.29, 1.82) is 0 Å². The summed E-state index contributed by atoms with van der Waals surface area (Å²) in [6.07, 6.45) is 2.97. The number of rotatable bonds is 3. The second-order valence-electron chi connectivity index (χ2n) is 5.02. The summed E-state index contributed by atoms with van der Waals surface area (Å²) in [4.78, 5) is 4.70. The molecular formula is C17H17NO. The third-order valence-electron chi connectivity index (χ3n) is 3.81. The Morgan fingerprint density at radius 1 is 1.00 bits per heavy atom. The molecule has 0 spiro atoms. The summed E-state index contributed by atoms with van der Waals surface area (Å²) in [5.74, 6) is 0. The van der Waals surface area contributed by atoms with Crippen molar-refractivity contribution in [2.45, 2.75) is 11.8 Å². The first-order valence-corrected chi connectivity index (χ1v) is 6.63. The molecule has 1 heterocycles. The summed E-state index contributed by atoms with van der Waals surface area (Å²) in [5.41, 5.74) is 1.05. The van der Waals surface area contributed by atoms with Gasteiger partial charge in [0.05, 0.1) is 11.9 Å². The molecule has 1 N–H and O–H groups in total. The van der Waals surface area contributed by atoms with Crippen LogP contribution < -0.4 is 10.6 Å². The van der Waals surface area contributed by atoms with E-state index in [1.165, 1.54) is 5.56 Å². The first-order valence-electron chi connectivity index (χ1n) is 6.63. The Kier molecular flexibility index (Phi) is 3.18. The summed E-state index contributed by atoms with van der Waals surface area (Å²) in [7, 11) is 0. The van der Waals surface area contributed by atoms with Gasteiger partial charge in [-0.25, -0.2) is 0 Å². The highest BCUT2D eigenvalue weighted by molar-refractivity contribution is 5.48. The van der Waals surface area contributed by atoms with Crippen LogP contribution in [0.1, 0.15) is 12.0 Å². The Bertz CT molecular complexity index is 678. The highest BCUT2D eigenvalue weighted by atomic mass is 16.3. The summed E-state index contributed by atoms with van der Waals surface area (Å²) < 4.78 is 0. The van der Waals surface area contributed by atoms with Crippen LogP contribution in [0, 0.1) is 0 Å². The molecule has 0 fully saturated rings. The van der Waals surface area contributed by atoms with Gasteiger partial charge in [-0.2, -0.15) is 0 Å². The van der Waals surface area contributed by atoms with Gasteiger partial charge < -0.3 is 5.11 Å². The zero-order chi connectivity index (χ0) is 13.1. The standard InChI is InChI=1S/C17H17NO/c19-11-10-17(15-7-2-1-3-8-15)12-14-6-4-5-9-16(14)18-13-17/h1-9,12,19H,10-11,13H2. The van der Waals surface area contributed by atoms with Crippen molar-refractivity contribution in [2.75, 3.05) is 13.2 Å². The minimum Gasteiger partial charge on any atom is -0.396 e. The van der Waals surface area contributed by atoms with Gasteiger partial charge in [0.2, 0.25) is 0 Å². The first kappa shape index (κ1) is 12.1. The van der Waals surface area contributed by atoms with Gasteiger partial charge >= 0.3 is 0 Å². The fraction of sp³-hybridized carbons (Fsp3) is 0.235. The molecule has 1 unspecified atom stereocenters. The number of aliphatic hydroxyl groups excluding tert-OH is 1. The number of hydrogen-bond acceptors (Lipinski definition) is 2. The van der Waals surface area contributed by atoms with E-state index in [1.54, 1.807) is 0 Å². The monoisotopic (exact) mass is 251 g/mol. The molecule has 1 atom stereocenters. The molecule has 2 aromatic carbocycles. The fourth-order valence-electron chi connectivity index (χ4n) is 2.76. The Labute approximate surface area is 112 Å². The highest BCUT2D eigenvalue weighted by Gasteiger charge is 2.30. The van der Waals surface area contributed by atoms with Crippen LogP contribution >= 0.6 is 0 Å². The molecule has 0 radical (unpaired) electrons. The normalized spacial score (nSPS) is 21.1. The number of benzene rings is 2. The zero-order valence-electron chi connectivity index (χ0n) is 10.8. The number of aliphatic hydroxyl groups is 1. The Balaban J connectivity index is 2.17. The summed E-state index contributed by atoms with van der Waals surface area (Å²) >= 11 is 0. The number of hydrogen-bond donors (Lipinski definition) is 1. The van der Waals surface area contributed by atoms with Gasteiger partial charge in [-0.3, -0.25) is 4.99 Å². The lowest BCUT2D eigenvalue weighted by atomic mass is 9.76. The van der Waals surface area contributed by atoms with Gasteiger partial charge in [0.25, 0.3) is 0 Å². The largest absolute Gasteiger partial charge is 0.396 e. The molecule has 2 nitrogen and oxygen atoms in total. The van der Waals surface area contributed by atoms with E-state index in [-0.39, 0.29) is 12.0 Å². The maximum absolute atomic E-state index is 9.43. The van der Waals surface area contributed by atoms with E-state index in [2.05, 4.69) is 24.3 Å². The van der Waals surface area contributed by atoms with Crippen molar-refractivity contribution < 1.29 is 5.11 Å². The highest BCUT2D eigenvalue weighted by Crippen LogP contribution is 2.30. The lowest BCUT2D eigenvalue weighted by Gasteiger charge is -2.31. The van der Waals surface area contributed by atoms with Crippen LogP contribution in [0.2, 0.25) is 0 Å². The molecule has 2 aromatic rings. The van der Waals surface area contributed by atoms with E-state index in [0.29, 0.717) is 13.0 Å². The average Bonchev–Trinajstić information content (AvgIpc) is 2.48. The molecule has 0 aromatic heterocycles. The molecule has 0 aliphatic carbocycles. The molecule has 96 valence electrons. The lowest BCUT2D eigenvalue weighted by molar-refractivity contribution is 0.261. The van der Waals surface area contributed by atoms with E-state index >= 15 is 0 Å². The van der Waals surface area contributed by atoms with Crippen molar-refractivity contribution in [3.05, 3.63) is 70.7 Å². The molecule has 19 heavy (non-hydrogen) atoms. The van der Waals surface area contributed by atoms with Crippen LogP contribution in [0.5, 0.6) is 0 Å². The SMILES string of the molecule is OCCC1(c2ccccc2)C=c2ccccc2=NC1. The van der Waals surface area contributed by atoms with Crippen molar-refractivity contribution in [2.24, 2.45) is 4.99 Å². The van der Waals surface area contributed by atoms with Crippen LogP contribution in [0.3, 0.4) is 0 Å². The summed E-state index contributed by atoms with van der Waals surface area (Å²) in [6.45, 7) is 0.873. The second kappa shape index (κ2) is 4.98. The predicted octanol–water partition coefficient (Wildman–Crippen LogP) is 1.42. The molecule has 3 rings (SSSR count). The van der Waals surface area contributed by atoms with Crippen molar-refractivity contribution in [3.63, 3.8) is 0 Å². The summed E-state index contributed by atoms with van der Waals surface area (Å²) in [5, 5.41) is 11.6. The lowest BCUT2D eigenvalue weighted by Crippen LogP contribution is -2.40. The molecule has 0 saturated heterocycles. The van der Waals surface area contributed by atoms with Crippen LogP contribution in [0.4, 0.5) is 0 Å². The maximum Gasteiger partial charge on any atom is 0.0644 e. The molecule has 2 heteroatoms. The van der Waals surface area contributed by atoms with Gasteiger partial charge in [0, 0.05) is 12.0 Å². The zero-order valence-corrected chi connectivity index (χ0v) is 10.8. The number of para-hydroxylation sites is 1. The second-order valence-corrected chi connectivity index (χ2v) is 5.02. The number of nitrogens with zero attached hydrogens (tertiary/aromatic N) is 1. The minimum atomic E-state index is -0.176. The quantitative estimate of drug-likeness (QED) is 0.879. The first-order chi connectivity index (χ1) is 9.34. The van der Waals surface area contributed by atoms with Gasteiger partial charge in [-0.05, 0) is 23.3 Å². The van der Waals surface area contributed by atoms with E-state index in [4.69, 9.17) is 4.99 Å². The summed E-state index contributed by atoms with van der Waals surface area (Å²) in [6, 6.07) is 18.5. The van der Waals surface area contributed by atoms with Gasteiger partial charge in [0.15, 0.2) is 0 Å². The molecule has 0 amide bonds. The molecule has 1 aliphatic heterocycles. The van der Waals surface area contributed by atoms with E-state index in [1.807, 2.05) is 36.4 Å². The van der Waals surface area contributed by atoms with Crippen molar-refractivity contribution in [3.8, 4) is 0 Å². The van der Waals surface area contributed by atoms with Crippen molar-refractivity contribution in [1.82, 2.24) is 0 Å². The third kappa shape index (κ3) is 2.20. The third-order valence-corrected chi connectivity index (χ3v) is 3.81. The Morgan fingerprint density at radius 3 is 2.53 bits per heavy atom. The fourth-order valence-corrected chi connectivity index (χ4v) is 2.76. The van der Waals surface area contributed by atoms with Crippen molar-refractivity contribution >= 4 is 6.08 Å². The van der Waals surface area contributed by atoms with E-state index < -0.39 is 0 Å². The Hall–Kier alpha value is -1.93. The van der Waals surface area contributed by atoms with E-state index in [9.17, 15) is 5.11 Å².